The maximum absolute atomic E-state index is 12.7. The number of piperazine rings is 1. The number of rotatable bonds is 7. The number of aryl methyl sites for hydroxylation is 1. The third kappa shape index (κ3) is 5.14. The van der Waals surface area contributed by atoms with Gasteiger partial charge in [0, 0.05) is 44.4 Å². The van der Waals surface area contributed by atoms with Crippen molar-refractivity contribution in [3.8, 4) is 5.75 Å². The number of ether oxygens (including phenoxy) is 1. The normalized spacial score (nSPS) is 16.1. The van der Waals surface area contributed by atoms with E-state index in [1.165, 1.54) is 11.6 Å². The third-order valence-electron chi connectivity index (χ3n) is 5.52. The van der Waals surface area contributed by atoms with Crippen molar-refractivity contribution in [1.29, 1.82) is 0 Å². The number of methoxy groups -OCH3 is 1. The van der Waals surface area contributed by atoms with E-state index in [1.54, 1.807) is 25.3 Å². The first-order valence-electron chi connectivity index (χ1n) is 10.0. The highest BCUT2D eigenvalue weighted by molar-refractivity contribution is 5.96. The Kier molecular flexibility index (Phi) is 7.02. The lowest BCUT2D eigenvalue weighted by Crippen LogP contribution is -2.52. The molecule has 0 unspecified atom stereocenters. The van der Waals surface area contributed by atoms with E-state index in [1.807, 2.05) is 19.1 Å². The summed E-state index contributed by atoms with van der Waals surface area (Å²) in [5.74, 6) is 0.651. The lowest BCUT2D eigenvalue weighted by molar-refractivity contribution is -0.383. The average Bonchev–Trinajstić information content (AvgIpc) is 2.74. The summed E-state index contributed by atoms with van der Waals surface area (Å²) < 4.78 is 5.48. The van der Waals surface area contributed by atoms with Crippen LogP contribution in [0, 0.1) is 17.0 Å². The second-order valence-corrected chi connectivity index (χ2v) is 7.57. The Morgan fingerprint density at radius 3 is 2.57 bits per heavy atom. The second-order valence-electron chi connectivity index (χ2n) is 7.57. The summed E-state index contributed by atoms with van der Waals surface area (Å²) in [6.07, 6.45) is 0. The van der Waals surface area contributed by atoms with Gasteiger partial charge >= 0.3 is 0 Å². The molecule has 1 fully saturated rings. The van der Waals surface area contributed by atoms with Crippen molar-refractivity contribution in [2.24, 2.45) is 0 Å². The fourth-order valence-electron chi connectivity index (χ4n) is 3.72. The smallest absolute Gasteiger partial charge is 0.292 e. The van der Waals surface area contributed by atoms with Crippen LogP contribution in [-0.2, 0) is 11.3 Å². The zero-order valence-corrected chi connectivity index (χ0v) is 17.6. The Labute approximate surface area is 176 Å². The molecule has 1 heterocycles. The van der Waals surface area contributed by atoms with E-state index >= 15 is 0 Å². The molecule has 0 saturated carbocycles. The summed E-state index contributed by atoms with van der Waals surface area (Å²) in [6.45, 7) is 7.87. The van der Waals surface area contributed by atoms with E-state index in [-0.39, 0.29) is 23.3 Å². The second kappa shape index (κ2) is 9.69. The van der Waals surface area contributed by atoms with Gasteiger partial charge in [-0.1, -0.05) is 29.8 Å². The predicted molar refractivity (Wildman–Crippen MR) is 116 cm³/mol. The molecular weight excluding hydrogens is 384 g/mol. The van der Waals surface area contributed by atoms with Gasteiger partial charge < -0.3 is 10.1 Å². The van der Waals surface area contributed by atoms with Crippen LogP contribution in [0.15, 0.2) is 42.5 Å². The average molecular weight is 412 g/mol. The van der Waals surface area contributed by atoms with Crippen LogP contribution < -0.4 is 10.1 Å². The van der Waals surface area contributed by atoms with Crippen molar-refractivity contribution < 1.29 is 14.5 Å². The van der Waals surface area contributed by atoms with Gasteiger partial charge in [0.2, 0.25) is 5.91 Å². The molecule has 160 valence electrons. The number of nitro groups is 1. The topological polar surface area (TPSA) is 88.0 Å². The van der Waals surface area contributed by atoms with Gasteiger partial charge in [-0.15, -0.1) is 0 Å². The highest BCUT2D eigenvalue weighted by Crippen LogP contribution is 2.24. The van der Waals surface area contributed by atoms with Crippen LogP contribution in [0.1, 0.15) is 18.1 Å². The molecule has 1 aliphatic rings. The molecule has 3 rings (SSSR count). The Balaban J connectivity index is 1.56. The number of hydrogen-bond acceptors (Lipinski definition) is 6. The zero-order chi connectivity index (χ0) is 21.7. The zero-order valence-electron chi connectivity index (χ0n) is 17.6. The van der Waals surface area contributed by atoms with Gasteiger partial charge in [0.25, 0.3) is 5.69 Å². The van der Waals surface area contributed by atoms with Gasteiger partial charge in [-0.2, -0.15) is 0 Å². The molecular formula is C22H28N4O4. The maximum atomic E-state index is 12.7. The molecule has 30 heavy (non-hydrogen) atoms. The molecule has 8 nitrogen and oxygen atoms in total. The predicted octanol–water partition coefficient (Wildman–Crippen LogP) is 3.06. The van der Waals surface area contributed by atoms with Crippen LogP contribution in [0.25, 0.3) is 0 Å². The Bertz CT molecular complexity index is 910. The quantitative estimate of drug-likeness (QED) is 0.556. The number of nitro benzene ring substituents is 1. The molecule has 1 aliphatic heterocycles. The van der Waals surface area contributed by atoms with Crippen LogP contribution in [0.4, 0.5) is 11.4 Å². The van der Waals surface area contributed by atoms with E-state index in [2.05, 4.69) is 28.1 Å². The lowest BCUT2D eigenvalue weighted by atomic mass is 10.1. The molecule has 8 heteroatoms. The van der Waals surface area contributed by atoms with Crippen molar-refractivity contribution >= 4 is 17.3 Å². The van der Waals surface area contributed by atoms with Crippen LogP contribution >= 0.6 is 0 Å². The van der Waals surface area contributed by atoms with Gasteiger partial charge in [0.1, 0.15) is 11.4 Å². The fraction of sp³-hybridized carbons (Fsp3) is 0.409. The van der Waals surface area contributed by atoms with Crippen molar-refractivity contribution in [1.82, 2.24) is 9.80 Å². The summed E-state index contributed by atoms with van der Waals surface area (Å²) in [6, 6.07) is 12.0. The Hall–Kier alpha value is -2.97. The molecule has 1 saturated heterocycles. The number of amides is 1. The Morgan fingerprint density at radius 2 is 1.90 bits per heavy atom. The largest absolute Gasteiger partial charge is 0.496 e. The van der Waals surface area contributed by atoms with E-state index in [0.29, 0.717) is 0 Å². The highest BCUT2D eigenvalue weighted by atomic mass is 16.6. The standard InChI is InChI=1S/C22H28N4O4/c1-16-8-9-21(30-3)18(14-16)15-24-10-12-25(13-11-24)17(2)22(27)23-19-6-4-5-7-20(19)26(28)29/h4-9,14,17H,10-13,15H2,1-3H3,(H,23,27)/t17-/m1/s1. The monoisotopic (exact) mass is 412 g/mol. The summed E-state index contributed by atoms with van der Waals surface area (Å²) in [7, 11) is 1.68. The van der Waals surface area contributed by atoms with Gasteiger partial charge in [0.05, 0.1) is 18.1 Å². The molecule has 2 aromatic carbocycles. The lowest BCUT2D eigenvalue weighted by Gasteiger charge is -2.37. The maximum Gasteiger partial charge on any atom is 0.292 e. The van der Waals surface area contributed by atoms with E-state index in [0.717, 1.165) is 44.0 Å². The molecule has 1 N–H and O–H groups in total. The molecule has 1 atom stereocenters. The van der Waals surface area contributed by atoms with Crippen LogP contribution in [0.3, 0.4) is 0 Å². The molecule has 0 radical (unpaired) electrons. The molecule has 1 amide bonds. The number of benzene rings is 2. The van der Waals surface area contributed by atoms with Crippen molar-refractivity contribution in [3.63, 3.8) is 0 Å². The number of nitrogens with one attached hydrogen (secondary N) is 1. The van der Waals surface area contributed by atoms with E-state index in [4.69, 9.17) is 4.74 Å². The first-order chi connectivity index (χ1) is 14.4. The molecule has 0 bridgehead atoms. The minimum Gasteiger partial charge on any atom is -0.496 e. The SMILES string of the molecule is COc1ccc(C)cc1CN1CCN([C@H](C)C(=O)Nc2ccccc2[N+](=O)[O-])CC1. The summed E-state index contributed by atoms with van der Waals surface area (Å²) in [5.41, 5.74) is 2.48. The van der Waals surface area contributed by atoms with E-state index < -0.39 is 4.92 Å². The molecule has 0 aromatic heterocycles. The van der Waals surface area contributed by atoms with Crippen molar-refractivity contribution in [2.45, 2.75) is 26.4 Å². The number of para-hydroxylation sites is 2. The molecule has 2 aromatic rings. The number of anilines is 1. The van der Waals surface area contributed by atoms with Gasteiger partial charge in [-0.25, -0.2) is 0 Å². The van der Waals surface area contributed by atoms with Gasteiger partial charge in [0.15, 0.2) is 0 Å². The summed E-state index contributed by atoms with van der Waals surface area (Å²) >= 11 is 0. The first-order valence-corrected chi connectivity index (χ1v) is 10.0. The van der Waals surface area contributed by atoms with Crippen molar-refractivity contribution in [2.75, 3.05) is 38.6 Å². The van der Waals surface area contributed by atoms with Crippen LogP contribution in [-0.4, -0.2) is 60.0 Å². The van der Waals surface area contributed by atoms with Gasteiger partial charge in [-0.05, 0) is 26.0 Å². The highest BCUT2D eigenvalue weighted by Gasteiger charge is 2.27. The molecule has 0 spiro atoms. The number of nitrogens with zero attached hydrogens (tertiary/aromatic N) is 3. The Morgan fingerprint density at radius 1 is 1.20 bits per heavy atom. The first kappa shape index (κ1) is 21.7. The van der Waals surface area contributed by atoms with Gasteiger partial charge in [-0.3, -0.25) is 24.7 Å². The summed E-state index contributed by atoms with van der Waals surface area (Å²) in [5, 5.41) is 13.9. The minimum absolute atomic E-state index is 0.102. The van der Waals surface area contributed by atoms with E-state index in [9.17, 15) is 14.9 Å². The van der Waals surface area contributed by atoms with Crippen LogP contribution in [0.2, 0.25) is 0 Å². The minimum atomic E-state index is -0.487. The number of hydrogen-bond donors (Lipinski definition) is 1. The van der Waals surface area contributed by atoms with Crippen molar-refractivity contribution in [3.05, 3.63) is 63.7 Å². The van der Waals surface area contributed by atoms with Crippen LogP contribution in [0.5, 0.6) is 5.75 Å². The third-order valence-corrected chi connectivity index (χ3v) is 5.52. The summed E-state index contributed by atoms with van der Waals surface area (Å²) in [4.78, 5) is 27.8. The molecule has 0 aliphatic carbocycles. The fourth-order valence-corrected chi connectivity index (χ4v) is 3.72. The number of carbonyl (C=O) groups excluding carboxylic acids is 1. The number of carbonyl (C=O) groups is 1.